The molecule has 0 spiro atoms. The highest BCUT2D eigenvalue weighted by Crippen LogP contribution is 2.31. The van der Waals surface area contributed by atoms with Gasteiger partial charge in [-0.2, -0.15) is 5.26 Å². The second kappa shape index (κ2) is 5.58. The molecule has 0 aliphatic rings. The molecule has 0 aliphatic heterocycles. The molecule has 2 rings (SSSR count). The van der Waals surface area contributed by atoms with Gasteiger partial charge in [0.2, 0.25) is 0 Å². The van der Waals surface area contributed by atoms with Crippen molar-refractivity contribution in [3.8, 4) is 22.9 Å². The van der Waals surface area contributed by atoms with Gasteiger partial charge >= 0.3 is 0 Å². The number of benzene rings is 2. The SMILES string of the molecule is COc1ccc(C#N)cc1-c1ccc(C(C)C)cc1. The van der Waals surface area contributed by atoms with Gasteiger partial charge in [0.15, 0.2) is 0 Å². The van der Waals surface area contributed by atoms with Gasteiger partial charge in [-0.05, 0) is 35.2 Å². The molecule has 0 bridgehead atoms. The maximum atomic E-state index is 9.00. The second-order valence-electron chi connectivity index (χ2n) is 4.80. The second-order valence-corrected chi connectivity index (χ2v) is 4.80. The van der Waals surface area contributed by atoms with Crippen LogP contribution in [-0.2, 0) is 0 Å². The summed E-state index contributed by atoms with van der Waals surface area (Å²) in [5.41, 5.74) is 3.97. The number of ether oxygens (including phenoxy) is 1. The van der Waals surface area contributed by atoms with Crippen molar-refractivity contribution in [2.75, 3.05) is 7.11 Å². The van der Waals surface area contributed by atoms with Crippen molar-refractivity contribution in [1.29, 1.82) is 5.26 Å². The van der Waals surface area contributed by atoms with Crippen molar-refractivity contribution in [2.24, 2.45) is 0 Å². The van der Waals surface area contributed by atoms with E-state index in [4.69, 9.17) is 10.00 Å². The predicted octanol–water partition coefficient (Wildman–Crippen LogP) is 4.36. The van der Waals surface area contributed by atoms with E-state index in [0.717, 1.165) is 16.9 Å². The summed E-state index contributed by atoms with van der Waals surface area (Å²) in [7, 11) is 1.65. The highest BCUT2D eigenvalue weighted by molar-refractivity contribution is 5.72. The molecule has 2 aromatic rings. The van der Waals surface area contributed by atoms with E-state index in [1.54, 1.807) is 13.2 Å². The third-order valence-corrected chi connectivity index (χ3v) is 3.22. The summed E-state index contributed by atoms with van der Waals surface area (Å²) < 4.78 is 5.37. The largest absolute Gasteiger partial charge is 0.496 e. The van der Waals surface area contributed by atoms with E-state index in [0.29, 0.717) is 11.5 Å². The normalized spacial score (nSPS) is 10.3. The Balaban J connectivity index is 2.48. The van der Waals surface area contributed by atoms with Crippen LogP contribution in [0.5, 0.6) is 5.75 Å². The fourth-order valence-electron chi connectivity index (χ4n) is 2.05. The fourth-order valence-corrected chi connectivity index (χ4v) is 2.05. The summed E-state index contributed by atoms with van der Waals surface area (Å²) >= 11 is 0. The topological polar surface area (TPSA) is 33.0 Å². The average molecular weight is 251 g/mol. The standard InChI is InChI=1S/C17H17NO/c1-12(2)14-5-7-15(8-6-14)16-10-13(11-18)4-9-17(16)19-3/h4-10,12H,1-3H3. The van der Waals surface area contributed by atoms with Gasteiger partial charge in [0.1, 0.15) is 5.75 Å². The van der Waals surface area contributed by atoms with Crippen molar-refractivity contribution in [3.05, 3.63) is 53.6 Å². The number of nitriles is 1. The first-order chi connectivity index (χ1) is 9.15. The molecular formula is C17H17NO. The van der Waals surface area contributed by atoms with Crippen molar-refractivity contribution in [2.45, 2.75) is 19.8 Å². The zero-order chi connectivity index (χ0) is 13.8. The van der Waals surface area contributed by atoms with Crippen LogP contribution in [0.2, 0.25) is 0 Å². The van der Waals surface area contributed by atoms with E-state index < -0.39 is 0 Å². The summed E-state index contributed by atoms with van der Waals surface area (Å²) in [6.07, 6.45) is 0. The number of hydrogen-bond donors (Lipinski definition) is 0. The van der Waals surface area contributed by atoms with E-state index >= 15 is 0 Å². The number of methoxy groups -OCH3 is 1. The summed E-state index contributed by atoms with van der Waals surface area (Å²) in [5, 5.41) is 9.00. The molecular weight excluding hydrogens is 234 g/mol. The Labute approximate surface area is 114 Å². The molecule has 0 unspecified atom stereocenters. The minimum Gasteiger partial charge on any atom is -0.496 e. The minimum atomic E-state index is 0.515. The summed E-state index contributed by atoms with van der Waals surface area (Å²) in [5.74, 6) is 1.30. The predicted molar refractivity (Wildman–Crippen MR) is 77.2 cm³/mol. The maximum absolute atomic E-state index is 9.00. The zero-order valence-corrected chi connectivity index (χ0v) is 11.5. The van der Waals surface area contributed by atoms with Gasteiger partial charge in [-0.3, -0.25) is 0 Å². The molecule has 0 aliphatic carbocycles. The van der Waals surface area contributed by atoms with E-state index in [1.165, 1.54) is 5.56 Å². The van der Waals surface area contributed by atoms with Gasteiger partial charge < -0.3 is 4.74 Å². The molecule has 2 aromatic carbocycles. The van der Waals surface area contributed by atoms with E-state index in [-0.39, 0.29) is 0 Å². The molecule has 0 radical (unpaired) electrons. The molecule has 0 fully saturated rings. The van der Waals surface area contributed by atoms with Crippen LogP contribution in [0.25, 0.3) is 11.1 Å². The van der Waals surface area contributed by atoms with Crippen LogP contribution in [0, 0.1) is 11.3 Å². The first-order valence-corrected chi connectivity index (χ1v) is 6.34. The van der Waals surface area contributed by atoms with Gasteiger partial charge in [-0.1, -0.05) is 38.1 Å². The Morgan fingerprint density at radius 3 is 2.26 bits per heavy atom. The Morgan fingerprint density at radius 1 is 1.05 bits per heavy atom. The van der Waals surface area contributed by atoms with Crippen LogP contribution in [0.4, 0.5) is 0 Å². The molecule has 0 atom stereocenters. The highest BCUT2D eigenvalue weighted by Gasteiger charge is 2.08. The maximum Gasteiger partial charge on any atom is 0.126 e. The third-order valence-electron chi connectivity index (χ3n) is 3.22. The summed E-state index contributed by atoms with van der Waals surface area (Å²) in [6, 6.07) is 16.0. The lowest BCUT2D eigenvalue weighted by Gasteiger charge is -2.11. The molecule has 0 amide bonds. The van der Waals surface area contributed by atoms with Gasteiger partial charge in [0.25, 0.3) is 0 Å². The minimum absolute atomic E-state index is 0.515. The van der Waals surface area contributed by atoms with Crippen molar-refractivity contribution < 1.29 is 4.74 Å². The Bertz CT molecular complexity index is 606. The van der Waals surface area contributed by atoms with Crippen LogP contribution in [0.3, 0.4) is 0 Å². The zero-order valence-electron chi connectivity index (χ0n) is 11.5. The van der Waals surface area contributed by atoms with E-state index in [2.05, 4.69) is 44.2 Å². The fraction of sp³-hybridized carbons (Fsp3) is 0.235. The molecule has 19 heavy (non-hydrogen) atoms. The molecule has 0 heterocycles. The van der Waals surface area contributed by atoms with Gasteiger partial charge in [-0.15, -0.1) is 0 Å². The third kappa shape index (κ3) is 2.77. The van der Waals surface area contributed by atoms with Crippen molar-refractivity contribution in [1.82, 2.24) is 0 Å². The first kappa shape index (κ1) is 13.2. The Morgan fingerprint density at radius 2 is 1.74 bits per heavy atom. The van der Waals surface area contributed by atoms with Crippen LogP contribution >= 0.6 is 0 Å². The lowest BCUT2D eigenvalue weighted by molar-refractivity contribution is 0.416. The van der Waals surface area contributed by atoms with Crippen molar-refractivity contribution in [3.63, 3.8) is 0 Å². The molecule has 0 aromatic heterocycles. The average Bonchev–Trinajstić information content (AvgIpc) is 2.46. The van der Waals surface area contributed by atoms with Gasteiger partial charge in [0.05, 0.1) is 18.7 Å². The monoisotopic (exact) mass is 251 g/mol. The summed E-state index contributed by atoms with van der Waals surface area (Å²) in [4.78, 5) is 0. The van der Waals surface area contributed by atoms with Gasteiger partial charge in [0, 0.05) is 5.56 Å². The molecule has 96 valence electrons. The van der Waals surface area contributed by atoms with Gasteiger partial charge in [-0.25, -0.2) is 0 Å². The quantitative estimate of drug-likeness (QED) is 0.812. The van der Waals surface area contributed by atoms with E-state index in [1.807, 2.05) is 12.1 Å². The molecule has 2 heteroatoms. The Hall–Kier alpha value is -2.27. The lowest BCUT2D eigenvalue weighted by atomic mass is 9.97. The number of nitrogens with zero attached hydrogens (tertiary/aromatic N) is 1. The summed E-state index contributed by atoms with van der Waals surface area (Å²) in [6.45, 7) is 4.35. The molecule has 0 saturated carbocycles. The molecule has 0 N–H and O–H groups in total. The van der Waals surface area contributed by atoms with Crippen LogP contribution in [0.1, 0.15) is 30.9 Å². The van der Waals surface area contributed by atoms with E-state index in [9.17, 15) is 0 Å². The van der Waals surface area contributed by atoms with Crippen LogP contribution in [0.15, 0.2) is 42.5 Å². The number of hydrogen-bond acceptors (Lipinski definition) is 2. The van der Waals surface area contributed by atoms with Crippen molar-refractivity contribution >= 4 is 0 Å². The molecule has 0 saturated heterocycles. The smallest absolute Gasteiger partial charge is 0.126 e. The van der Waals surface area contributed by atoms with Crippen LogP contribution < -0.4 is 4.74 Å². The first-order valence-electron chi connectivity index (χ1n) is 6.34. The molecule has 2 nitrogen and oxygen atoms in total. The highest BCUT2D eigenvalue weighted by atomic mass is 16.5. The lowest BCUT2D eigenvalue weighted by Crippen LogP contribution is -1.91. The van der Waals surface area contributed by atoms with Crippen LogP contribution in [-0.4, -0.2) is 7.11 Å². The Kier molecular flexibility index (Phi) is 3.87. The number of rotatable bonds is 3.